The molecule has 6 rings (SSSR count). The summed E-state index contributed by atoms with van der Waals surface area (Å²) in [5, 5.41) is 17.0. The van der Waals surface area contributed by atoms with Crippen molar-refractivity contribution in [2.75, 3.05) is 10.7 Å². The van der Waals surface area contributed by atoms with Crippen molar-refractivity contribution in [1.82, 2.24) is 15.2 Å². The number of thioether (sulfide) groups is 1. The number of nitrogens with one attached hydrogen (secondary N) is 1. The van der Waals surface area contributed by atoms with E-state index in [4.69, 9.17) is 9.47 Å². The maximum atomic E-state index is 12.9. The summed E-state index contributed by atoms with van der Waals surface area (Å²) in [6.07, 6.45) is 0.381. The van der Waals surface area contributed by atoms with Gasteiger partial charge in [0.25, 0.3) is 11.8 Å². The molecule has 2 N–H and O–H groups in total. The van der Waals surface area contributed by atoms with Crippen LogP contribution in [0.4, 0.5) is 5.69 Å². The minimum absolute atomic E-state index is 0.0225. The van der Waals surface area contributed by atoms with E-state index in [0.29, 0.717) is 27.7 Å². The molecular weight excluding hydrogens is 516 g/mol. The lowest BCUT2D eigenvalue weighted by molar-refractivity contribution is -0.268. The summed E-state index contributed by atoms with van der Waals surface area (Å²) in [6, 6.07) is 21.7. The van der Waals surface area contributed by atoms with E-state index < -0.39 is 6.29 Å². The molecule has 4 atom stereocenters. The molecule has 2 aliphatic rings. The fourth-order valence-electron chi connectivity index (χ4n) is 4.94. The van der Waals surface area contributed by atoms with Gasteiger partial charge in [0.1, 0.15) is 6.33 Å². The van der Waals surface area contributed by atoms with E-state index in [1.54, 1.807) is 36.4 Å². The number of aromatic amines is 1. The Kier molecular flexibility index (Phi) is 7.01. The average Bonchev–Trinajstić information content (AvgIpc) is 3.59. The molecule has 1 fully saturated rings. The molecule has 0 saturated carbocycles. The van der Waals surface area contributed by atoms with E-state index in [2.05, 4.69) is 22.1 Å². The van der Waals surface area contributed by atoms with Crippen LogP contribution in [0.5, 0.6) is 0 Å². The standard InChI is InChI=1S/C29H26N4O5S/c1-17-24(15-39-29-30-16-31-32-29)37-28(38-25(17)19-8-6-18(14-34)7-9-19)20-10-12-21(13-11-20)33-26(35)22-4-2-3-5-23(22)27(33)36/h2-13,16-17,24-25,28,34H,14-15H2,1H3,(H,30,31,32)/t17-,24+,25+,28+/m0/s1. The van der Waals surface area contributed by atoms with Crippen molar-refractivity contribution in [3.63, 3.8) is 0 Å². The van der Waals surface area contributed by atoms with Gasteiger partial charge in [0.2, 0.25) is 0 Å². The molecule has 4 aromatic rings. The van der Waals surface area contributed by atoms with Gasteiger partial charge in [-0.2, -0.15) is 5.10 Å². The van der Waals surface area contributed by atoms with Gasteiger partial charge >= 0.3 is 0 Å². The molecule has 0 bridgehead atoms. The van der Waals surface area contributed by atoms with E-state index in [9.17, 15) is 14.7 Å². The molecule has 0 spiro atoms. The van der Waals surface area contributed by atoms with Crippen LogP contribution in [0.25, 0.3) is 0 Å². The Morgan fingerprint density at radius 3 is 2.21 bits per heavy atom. The van der Waals surface area contributed by atoms with Gasteiger partial charge in [-0.1, -0.05) is 67.2 Å². The van der Waals surface area contributed by atoms with Gasteiger partial charge in [0, 0.05) is 17.2 Å². The second-order valence-electron chi connectivity index (χ2n) is 9.51. The molecule has 0 radical (unpaired) electrons. The molecule has 0 aliphatic carbocycles. The van der Waals surface area contributed by atoms with Crippen molar-refractivity contribution in [2.24, 2.45) is 5.92 Å². The number of aliphatic hydroxyl groups is 1. The van der Waals surface area contributed by atoms with Crippen molar-refractivity contribution in [2.45, 2.75) is 37.2 Å². The van der Waals surface area contributed by atoms with Crippen LogP contribution in [0.3, 0.4) is 0 Å². The highest BCUT2D eigenvalue weighted by Crippen LogP contribution is 2.43. The number of aliphatic hydroxyl groups excluding tert-OH is 1. The Labute approximate surface area is 229 Å². The lowest BCUT2D eigenvalue weighted by Gasteiger charge is -2.41. The first kappa shape index (κ1) is 25.4. The van der Waals surface area contributed by atoms with Gasteiger partial charge in [-0.3, -0.25) is 14.7 Å². The van der Waals surface area contributed by atoms with Crippen LogP contribution < -0.4 is 4.90 Å². The van der Waals surface area contributed by atoms with Gasteiger partial charge < -0.3 is 14.6 Å². The minimum Gasteiger partial charge on any atom is -0.392 e. The summed E-state index contributed by atoms with van der Waals surface area (Å²) in [6.45, 7) is 2.07. The average molecular weight is 543 g/mol. The highest BCUT2D eigenvalue weighted by molar-refractivity contribution is 7.99. The van der Waals surface area contributed by atoms with Gasteiger partial charge in [-0.25, -0.2) is 9.88 Å². The highest BCUT2D eigenvalue weighted by atomic mass is 32.2. The number of aromatic nitrogens is 3. The predicted octanol–water partition coefficient (Wildman–Crippen LogP) is 4.68. The van der Waals surface area contributed by atoms with Crippen LogP contribution >= 0.6 is 11.8 Å². The van der Waals surface area contributed by atoms with E-state index in [0.717, 1.165) is 16.7 Å². The van der Waals surface area contributed by atoms with Gasteiger partial charge in [0.05, 0.1) is 35.6 Å². The molecule has 3 aromatic carbocycles. The van der Waals surface area contributed by atoms with Crippen LogP contribution in [-0.2, 0) is 16.1 Å². The zero-order valence-electron chi connectivity index (χ0n) is 21.1. The van der Waals surface area contributed by atoms with Crippen LogP contribution in [0.15, 0.2) is 84.3 Å². The molecule has 1 saturated heterocycles. The lowest BCUT2D eigenvalue weighted by atomic mass is 9.91. The van der Waals surface area contributed by atoms with Crippen molar-refractivity contribution in [3.8, 4) is 0 Å². The van der Waals surface area contributed by atoms with Crippen LogP contribution in [0, 0.1) is 5.92 Å². The molecule has 0 unspecified atom stereocenters. The molecule has 1 aromatic heterocycles. The molecule has 2 aliphatic heterocycles. The van der Waals surface area contributed by atoms with E-state index in [1.807, 2.05) is 36.4 Å². The van der Waals surface area contributed by atoms with Crippen LogP contribution in [-0.4, -0.2) is 44.0 Å². The molecule has 9 nitrogen and oxygen atoms in total. The van der Waals surface area contributed by atoms with Crippen molar-refractivity contribution in [1.29, 1.82) is 0 Å². The first-order chi connectivity index (χ1) is 19.0. The summed E-state index contributed by atoms with van der Waals surface area (Å²) in [5.41, 5.74) is 3.89. The number of amides is 2. The van der Waals surface area contributed by atoms with E-state index in [1.165, 1.54) is 23.0 Å². The van der Waals surface area contributed by atoms with E-state index in [-0.39, 0.29) is 36.5 Å². The van der Waals surface area contributed by atoms with Crippen molar-refractivity contribution in [3.05, 3.63) is 107 Å². The molecular formula is C29H26N4O5S. The second kappa shape index (κ2) is 10.7. The fraction of sp³-hybridized carbons (Fsp3) is 0.241. The lowest BCUT2D eigenvalue weighted by Crippen LogP contribution is -2.38. The van der Waals surface area contributed by atoms with Gasteiger partial charge in [-0.15, -0.1) is 0 Å². The number of hydrogen-bond donors (Lipinski definition) is 2. The molecule has 39 heavy (non-hydrogen) atoms. The topological polar surface area (TPSA) is 118 Å². The quantitative estimate of drug-likeness (QED) is 0.255. The Morgan fingerprint density at radius 2 is 1.59 bits per heavy atom. The largest absolute Gasteiger partial charge is 0.392 e. The number of carbonyl (C=O) groups is 2. The summed E-state index contributed by atoms with van der Waals surface area (Å²) in [7, 11) is 0. The minimum atomic E-state index is -0.666. The molecule has 198 valence electrons. The molecule has 3 heterocycles. The number of hydrogen-bond acceptors (Lipinski definition) is 8. The summed E-state index contributed by atoms with van der Waals surface area (Å²) < 4.78 is 12.9. The number of fused-ring (bicyclic) bond motifs is 1. The summed E-state index contributed by atoms with van der Waals surface area (Å²) >= 11 is 1.53. The number of carbonyl (C=O) groups excluding carboxylic acids is 2. The summed E-state index contributed by atoms with van der Waals surface area (Å²) in [5.74, 6) is -0.0140. The number of H-pyrrole nitrogens is 1. The Balaban J connectivity index is 1.25. The number of nitrogens with zero attached hydrogens (tertiary/aromatic N) is 3. The summed E-state index contributed by atoms with van der Waals surface area (Å²) in [4.78, 5) is 31.2. The third-order valence-electron chi connectivity index (χ3n) is 7.12. The first-order valence-electron chi connectivity index (χ1n) is 12.6. The van der Waals surface area contributed by atoms with Crippen LogP contribution in [0.1, 0.15) is 56.7 Å². The number of imide groups is 1. The predicted molar refractivity (Wildman–Crippen MR) is 144 cm³/mol. The highest BCUT2D eigenvalue weighted by Gasteiger charge is 2.39. The Bertz CT molecular complexity index is 1440. The molecule has 2 amide bonds. The second-order valence-corrected chi connectivity index (χ2v) is 10.5. The fourth-order valence-corrected chi connectivity index (χ4v) is 5.88. The monoisotopic (exact) mass is 542 g/mol. The van der Waals surface area contributed by atoms with Gasteiger partial charge in [0.15, 0.2) is 11.4 Å². The SMILES string of the molecule is C[C@H]1[C@@H](CSc2ncn[nH]2)O[C@@H](c2ccc(N3C(=O)c4ccccc4C3=O)cc2)O[C@H]1c1ccc(CO)cc1. The first-order valence-corrected chi connectivity index (χ1v) is 13.6. The van der Waals surface area contributed by atoms with E-state index >= 15 is 0 Å². The normalized spacial score (nSPS) is 22.8. The zero-order chi connectivity index (χ0) is 26.9. The van der Waals surface area contributed by atoms with Crippen molar-refractivity contribution >= 4 is 29.3 Å². The maximum absolute atomic E-state index is 12.9. The zero-order valence-corrected chi connectivity index (χ0v) is 21.9. The number of anilines is 1. The number of benzene rings is 3. The maximum Gasteiger partial charge on any atom is 0.266 e. The smallest absolute Gasteiger partial charge is 0.266 e. The number of ether oxygens (including phenoxy) is 2. The van der Waals surface area contributed by atoms with Gasteiger partial charge in [-0.05, 0) is 35.4 Å². The van der Waals surface area contributed by atoms with Crippen LogP contribution in [0.2, 0.25) is 0 Å². The Morgan fingerprint density at radius 1 is 0.923 bits per heavy atom. The third kappa shape index (κ3) is 4.87. The number of rotatable bonds is 7. The molecule has 10 heteroatoms. The Hall–Kier alpha value is -3.83. The van der Waals surface area contributed by atoms with Crippen molar-refractivity contribution < 1.29 is 24.2 Å². The third-order valence-corrected chi connectivity index (χ3v) is 8.08.